The molecule has 0 unspecified atom stereocenters. The first kappa shape index (κ1) is 13.2. The zero-order valence-electron chi connectivity index (χ0n) is 9.39. The summed E-state index contributed by atoms with van der Waals surface area (Å²) in [4.78, 5) is 29.6. The van der Waals surface area contributed by atoms with E-state index in [1.807, 2.05) is 0 Å². The van der Waals surface area contributed by atoms with Crippen molar-refractivity contribution in [3.8, 4) is 0 Å². The summed E-state index contributed by atoms with van der Waals surface area (Å²) in [6.07, 6.45) is -2.71. The number of carboxylic acid groups (broad SMARTS) is 1. The highest BCUT2D eigenvalue weighted by Crippen LogP contribution is 2.29. The van der Waals surface area contributed by atoms with Crippen LogP contribution in [0.25, 0.3) is 0 Å². The molecule has 1 aliphatic rings. The zero-order chi connectivity index (χ0) is 14.2. The van der Waals surface area contributed by atoms with Gasteiger partial charge in [0.2, 0.25) is 0 Å². The number of rotatable bonds is 2. The molecule has 1 aromatic rings. The predicted molar refractivity (Wildman–Crippen MR) is 54.4 cm³/mol. The van der Waals surface area contributed by atoms with Gasteiger partial charge in [0.25, 0.3) is 0 Å². The lowest BCUT2D eigenvalue weighted by Gasteiger charge is -2.38. The molecule has 9 heteroatoms. The molecular weight excluding hydrogens is 267 g/mol. The number of carbonyl (C=O) groups is 2. The summed E-state index contributed by atoms with van der Waals surface area (Å²) in [5.41, 5.74) is -0.105. The van der Waals surface area contributed by atoms with Gasteiger partial charge in [0.05, 0.1) is 11.5 Å². The van der Waals surface area contributed by atoms with Crippen LogP contribution < -0.4 is 0 Å². The van der Waals surface area contributed by atoms with Crippen LogP contribution in [-0.4, -0.2) is 51.1 Å². The van der Waals surface area contributed by atoms with E-state index in [0.717, 1.165) is 12.4 Å². The van der Waals surface area contributed by atoms with E-state index >= 15 is 0 Å². The Balaban J connectivity index is 1.97. The molecule has 0 spiro atoms. The van der Waals surface area contributed by atoms with E-state index < -0.39 is 24.0 Å². The summed E-state index contributed by atoms with van der Waals surface area (Å²) in [6.45, 7) is -0.241. The molecule has 2 rings (SSSR count). The molecule has 2 heterocycles. The third-order valence-corrected chi connectivity index (χ3v) is 2.70. The van der Waals surface area contributed by atoms with E-state index in [2.05, 4.69) is 9.97 Å². The highest BCUT2D eigenvalue weighted by molar-refractivity contribution is 5.86. The van der Waals surface area contributed by atoms with Gasteiger partial charge in [-0.05, 0) is 0 Å². The fraction of sp³-hybridized carbons (Fsp3) is 0.400. The van der Waals surface area contributed by atoms with Gasteiger partial charge in [-0.3, -0.25) is 4.79 Å². The molecule has 1 saturated heterocycles. The molecule has 102 valence electrons. The average molecular weight is 275 g/mol. The number of likely N-dealkylation sites (tertiary alicyclic amines) is 1. The summed E-state index contributed by atoms with van der Waals surface area (Å²) in [5.74, 6) is -3.23. The minimum Gasteiger partial charge on any atom is -0.478 e. The molecule has 1 aromatic heterocycles. The summed E-state index contributed by atoms with van der Waals surface area (Å²) >= 11 is 0. The lowest BCUT2D eigenvalue weighted by Crippen LogP contribution is -2.53. The molecule has 1 aliphatic heterocycles. The van der Waals surface area contributed by atoms with Crippen LogP contribution in [0.1, 0.15) is 22.1 Å². The molecule has 0 atom stereocenters. The molecule has 0 aromatic carbocycles. The molecule has 0 aliphatic carbocycles. The number of carbonyl (C=O) groups excluding carboxylic acids is 1. The van der Waals surface area contributed by atoms with Gasteiger partial charge in [0.15, 0.2) is 0 Å². The number of halogens is 3. The van der Waals surface area contributed by atoms with Gasteiger partial charge in [0.1, 0.15) is 5.82 Å². The second kappa shape index (κ2) is 4.48. The van der Waals surface area contributed by atoms with Crippen LogP contribution in [0.15, 0.2) is 12.4 Å². The molecule has 0 radical (unpaired) electrons. The largest absolute Gasteiger partial charge is 0.478 e. The second-order valence-corrected chi connectivity index (χ2v) is 4.04. The molecule has 1 fully saturated rings. The smallest absolute Gasteiger partial charge is 0.471 e. The normalized spacial score (nSPS) is 16.1. The van der Waals surface area contributed by atoms with Gasteiger partial charge >= 0.3 is 18.1 Å². The van der Waals surface area contributed by atoms with E-state index in [0.29, 0.717) is 4.90 Å². The van der Waals surface area contributed by atoms with Crippen LogP contribution in [0, 0.1) is 0 Å². The van der Waals surface area contributed by atoms with Crippen LogP contribution in [0.5, 0.6) is 0 Å². The number of carboxylic acids is 1. The molecule has 0 saturated carbocycles. The van der Waals surface area contributed by atoms with Gasteiger partial charge in [-0.25, -0.2) is 14.8 Å². The summed E-state index contributed by atoms with van der Waals surface area (Å²) in [6, 6.07) is 0. The minimum atomic E-state index is -4.88. The maximum absolute atomic E-state index is 12.1. The lowest BCUT2D eigenvalue weighted by atomic mass is 9.99. The fourth-order valence-corrected chi connectivity index (χ4v) is 1.65. The van der Waals surface area contributed by atoms with E-state index in [4.69, 9.17) is 5.11 Å². The van der Waals surface area contributed by atoms with Crippen molar-refractivity contribution < 1.29 is 27.9 Å². The first-order chi connectivity index (χ1) is 8.79. The quantitative estimate of drug-likeness (QED) is 0.857. The Kier molecular flexibility index (Phi) is 3.13. The topological polar surface area (TPSA) is 83.4 Å². The maximum Gasteiger partial charge on any atom is 0.471 e. The zero-order valence-corrected chi connectivity index (χ0v) is 9.39. The van der Waals surface area contributed by atoms with Crippen molar-refractivity contribution in [3.63, 3.8) is 0 Å². The predicted octanol–water partition coefficient (Wildman–Crippen LogP) is 0.663. The van der Waals surface area contributed by atoms with Crippen molar-refractivity contribution in [2.45, 2.75) is 12.1 Å². The third-order valence-electron chi connectivity index (χ3n) is 2.70. The van der Waals surface area contributed by atoms with Crippen molar-refractivity contribution >= 4 is 11.9 Å². The van der Waals surface area contributed by atoms with Crippen molar-refractivity contribution in [2.75, 3.05) is 13.1 Å². The van der Waals surface area contributed by atoms with Gasteiger partial charge in [-0.2, -0.15) is 13.2 Å². The Bertz CT molecular complexity index is 509. The maximum atomic E-state index is 12.1. The van der Waals surface area contributed by atoms with Crippen LogP contribution >= 0.6 is 0 Å². The Hall–Kier alpha value is -2.19. The van der Waals surface area contributed by atoms with Gasteiger partial charge < -0.3 is 10.0 Å². The van der Waals surface area contributed by atoms with Crippen LogP contribution in [0.3, 0.4) is 0 Å². The van der Waals surface area contributed by atoms with Crippen molar-refractivity contribution in [1.29, 1.82) is 0 Å². The number of alkyl halides is 3. The molecule has 0 bridgehead atoms. The Morgan fingerprint density at radius 1 is 1.26 bits per heavy atom. The van der Waals surface area contributed by atoms with E-state index in [9.17, 15) is 22.8 Å². The first-order valence-electron chi connectivity index (χ1n) is 5.20. The first-order valence-corrected chi connectivity index (χ1v) is 5.20. The number of amides is 1. The minimum absolute atomic E-state index is 0.105. The van der Waals surface area contributed by atoms with Gasteiger partial charge in [-0.15, -0.1) is 0 Å². The SMILES string of the molecule is O=C(O)c1cnc(C2CN(C(=O)C(F)(F)F)C2)nc1. The number of hydrogen-bond acceptors (Lipinski definition) is 4. The van der Waals surface area contributed by atoms with E-state index in [1.54, 1.807) is 0 Å². The van der Waals surface area contributed by atoms with Crippen molar-refractivity contribution in [3.05, 3.63) is 23.8 Å². The van der Waals surface area contributed by atoms with Crippen LogP contribution in [0.4, 0.5) is 13.2 Å². The molecule has 1 amide bonds. The van der Waals surface area contributed by atoms with E-state index in [-0.39, 0.29) is 24.5 Å². The van der Waals surface area contributed by atoms with Gasteiger partial charge in [-0.1, -0.05) is 0 Å². The van der Waals surface area contributed by atoms with Gasteiger partial charge in [0, 0.05) is 25.5 Å². The highest BCUT2D eigenvalue weighted by atomic mass is 19.4. The van der Waals surface area contributed by atoms with E-state index in [1.165, 1.54) is 0 Å². The number of aromatic nitrogens is 2. The lowest BCUT2D eigenvalue weighted by molar-refractivity contribution is -0.190. The highest BCUT2D eigenvalue weighted by Gasteiger charge is 2.47. The standard InChI is InChI=1S/C10H8F3N3O3/c11-10(12,13)9(19)16-3-6(4-16)7-14-1-5(2-15-7)8(17)18/h1-2,6H,3-4H2,(H,17,18). The van der Waals surface area contributed by atoms with Crippen molar-refractivity contribution in [2.24, 2.45) is 0 Å². The van der Waals surface area contributed by atoms with Crippen LogP contribution in [0.2, 0.25) is 0 Å². The Morgan fingerprint density at radius 2 is 1.79 bits per heavy atom. The number of hydrogen-bond donors (Lipinski definition) is 1. The Labute approximate surface area is 104 Å². The average Bonchev–Trinajstić information content (AvgIpc) is 2.26. The van der Waals surface area contributed by atoms with Crippen molar-refractivity contribution in [1.82, 2.24) is 14.9 Å². The molecular formula is C10H8F3N3O3. The Morgan fingerprint density at radius 3 is 2.21 bits per heavy atom. The molecule has 1 N–H and O–H groups in total. The summed E-state index contributed by atoms with van der Waals surface area (Å²) in [7, 11) is 0. The summed E-state index contributed by atoms with van der Waals surface area (Å²) < 4.78 is 36.3. The second-order valence-electron chi connectivity index (χ2n) is 4.04. The summed E-state index contributed by atoms with van der Waals surface area (Å²) in [5, 5.41) is 8.63. The third kappa shape index (κ3) is 2.64. The molecule has 6 nitrogen and oxygen atoms in total. The van der Waals surface area contributed by atoms with Crippen LogP contribution in [-0.2, 0) is 4.79 Å². The number of aromatic carboxylic acids is 1. The fourth-order valence-electron chi connectivity index (χ4n) is 1.65. The monoisotopic (exact) mass is 275 g/mol. The molecule has 19 heavy (non-hydrogen) atoms. The number of nitrogens with zero attached hydrogens (tertiary/aromatic N) is 3.